The number of carbonyl (C=O) groups excluding carboxylic acids is 3. The van der Waals surface area contributed by atoms with Crippen LogP contribution in [0, 0.1) is 23.7 Å². The molecular formula is C20H21NO3. The highest BCUT2D eigenvalue weighted by Crippen LogP contribution is 2.60. The van der Waals surface area contributed by atoms with Gasteiger partial charge in [-0.1, -0.05) is 49.8 Å². The number of nitrogens with zero attached hydrogens (tertiary/aromatic N) is 1. The molecule has 4 nitrogen and oxygen atoms in total. The van der Waals surface area contributed by atoms with E-state index in [0.717, 1.165) is 24.0 Å². The third-order valence-electron chi connectivity index (χ3n) is 5.74. The van der Waals surface area contributed by atoms with Gasteiger partial charge in [0.1, 0.15) is 0 Å². The summed E-state index contributed by atoms with van der Waals surface area (Å²) in [7, 11) is 0. The number of hydrogen-bond donors (Lipinski definition) is 0. The van der Waals surface area contributed by atoms with Crippen molar-refractivity contribution in [1.82, 2.24) is 4.90 Å². The van der Waals surface area contributed by atoms with Gasteiger partial charge in [-0.25, -0.2) is 0 Å². The summed E-state index contributed by atoms with van der Waals surface area (Å²) in [6.45, 7) is 2.41. The van der Waals surface area contributed by atoms with Gasteiger partial charge < -0.3 is 0 Å². The van der Waals surface area contributed by atoms with Crippen LogP contribution in [0.4, 0.5) is 0 Å². The quantitative estimate of drug-likeness (QED) is 0.632. The second-order valence-electron chi connectivity index (χ2n) is 7.06. The van der Waals surface area contributed by atoms with Gasteiger partial charge in [0, 0.05) is 12.3 Å². The number of likely N-dealkylation sites (tertiary alicyclic amines) is 1. The summed E-state index contributed by atoms with van der Waals surface area (Å²) in [5, 5.41) is 0. The maximum atomic E-state index is 12.8. The minimum atomic E-state index is -0.305. The van der Waals surface area contributed by atoms with E-state index in [-0.39, 0.29) is 41.3 Å². The van der Waals surface area contributed by atoms with Crippen LogP contribution in [0.3, 0.4) is 0 Å². The Labute approximate surface area is 141 Å². The Kier molecular flexibility index (Phi) is 3.63. The number of hydrogen-bond acceptors (Lipinski definition) is 3. The number of allylic oxidation sites excluding steroid dienone is 2. The Balaban J connectivity index is 1.58. The lowest BCUT2D eigenvalue weighted by Crippen LogP contribution is -2.46. The fourth-order valence-electron chi connectivity index (χ4n) is 4.61. The molecule has 1 heterocycles. The Bertz CT molecular complexity index is 737. The van der Waals surface area contributed by atoms with E-state index >= 15 is 0 Å². The van der Waals surface area contributed by atoms with Gasteiger partial charge in [-0.15, -0.1) is 0 Å². The molecule has 1 saturated heterocycles. The Hall–Kier alpha value is -2.23. The van der Waals surface area contributed by atoms with Crippen molar-refractivity contribution >= 4 is 17.6 Å². The topological polar surface area (TPSA) is 54.5 Å². The van der Waals surface area contributed by atoms with Gasteiger partial charge in [0.25, 0.3) is 0 Å². The van der Waals surface area contributed by atoms with Crippen LogP contribution in [0.25, 0.3) is 0 Å². The highest BCUT2D eigenvalue weighted by Gasteiger charge is 2.68. The number of ketones is 1. The molecule has 24 heavy (non-hydrogen) atoms. The average Bonchev–Trinajstić information content (AvgIpc) is 2.94. The first-order valence-electron chi connectivity index (χ1n) is 8.76. The first-order chi connectivity index (χ1) is 11.6. The first kappa shape index (κ1) is 15.3. The minimum Gasteiger partial charge on any atom is -0.295 e. The van der Waals surface area contributed by atoms with Gasteiger partial charge in [0.2, 0.25) is 11.8 Å². The molecule has 0 radical (unpaired) electrons. The van der Waals surface area contributed by atoms with Crippen molar-refractivity contribution in [3.05, 3.63) is 47.5 Å². The Morgan fingerprint density at radius 2 is 1.75 bits per heavy atom. The van der Waals surface area contributed by atoms with Crippen LogP contribution in [0.5, 0.6) is 0 Å². The molecule has 3 aliphatic rings. The number of rotatable bonds is 4. The molecular weight excluding hydrogens is 302 g/mol. The Morgan fingerprint density at radius 1 is 1.04 bits per heavy atom. The molecule has 4 rings (SSSR count). The standard InChI is InChI=1S/C20H21NO3/c1-2-3-9-13-15(22)10-14-16(13)18-17(14)19(23)21(20(18)24)11-12-7-5-4-6-8-12/h4-9,14,16-18H,2-3,10-11H2,1H3/b13-9-/t14-,16+,17+,18-/m1/s1. The number of unbranched alkanes of at least 4 members (excludes halogenated alkanes) is 1. The average molecular weight is 323 g/mol. The summed E-state index contributed by atoms with van der Waals surface area (Å²) in [4.78, 5) is 39.2. The van der Waals surface area contributed by atoms with Crippen LogP contribution < -0.4 is 0 Å². The smallest absolute Gasteiger partial charge is 0.234 e. The van der Waals surface area contributed by atoms with Crippen molar-refractivity contribution in [3.8, 4) is 0 Å². The van der Waals surface area contributed by atoms with Crippen LogP contribution in [-0.2, 0) is 20.9 Å². The second-order valence-corrected chi connectivity index (χ2v) is 7.06. The third-order valence-corrected chi connectivity index (χ3v) is 5.74. The molecule has 2 amide bonds. The summed E-state index contributed by atoms with van der Waals surface area (Å²) in [6.07, 6.45) is 4.27. The van der Waals surface area contributed by atoms with Crippen molar-refractivity contribution in [2.45, 2.75) is 32.7 Å². The largest absolute Gasteiger partial charge is 0.295 e. The van der Waals surface area contributed by atoms with Crippen molar-refractivity contribution < 1.29 is 14.4 Å². The molecule has 0 spiro atoms. The predicted molar refractivity (Wildman–Crippen MR) is 88.6 cm³/mol. The van der Waals surface area contributed by atoms with Crippen molar-refractivity contribution in [1.29, 1.82) is 0 Å². The van der Waals surface area contributed by atoms with Gasteiger partial charge in [0.05, 0.1) is 18.4 Å². The number of Topliss-reactive ketones (excluding diaryl/α,β-unsaturated/α-hetero) is 1. The fourth-order valence-corrected chi connectivity index (χ4v) is 4.61. The maximum absolute atomic E-state index is 12.8. The number of imide groups is 1. The molecule has 4 heteroatoms. The van der Waals surface area contributed by atoms with Gasteiger partial charge in [-0.2, -0.15) is 0 Å². The molecule has 0 N–H and O–H groups in total. The van der Waals surface area contributed by atoms with Crippen molar-refractivity contribution in [2.75, 3.05) is 0 Å². The molecule has 124 valence electrons. The van der Waals surface area contributed by atoms with E-state index in [0.29, 0.717) is 13.0 Å². The zero-order valence-corrected chi connectivity index (χ0v) is 13.8. The summed E-state index contributed by atoms with van der Waals surface area (Å²) in [5.74, 6) is -0.590. The SMILES string of the molecule is CCC/C=C1/C(=O)C[C@H]2[C@@H]3C(=O)N(Cc4ccccc4)C(=O)[C@@H]3[C@@H]12. The number of carbonyl (C=O) groups is 3. The van der Waals surface area contributed by atoms with Crippen LogP contribution in [0.2, 0.25) is 0 Å². The molecule has 2 aliphatic carbocycles. The zero-order valence-electron chi connectivity index (χ0n) is 13.8. The minimum absolute atomic E-state index is 0.0220. The number of amides is 2. The van der Waals surface area contributed by atoms with E-state index in [1.165, 1.54) is 4.90 Å². The molecule has 0 aromatic heterocycles. The fraction of sp³-hybridized carbons (Fsp3) is 0.450. The van der Waals surface area contributed by atoms with Gasteiger partial charge in [0.15, 0.2) is 5.78 Å². The lowest BCUT2D eigenvalue weighted by Gasteiger charge is -2.40. The number of fused-ring (bicyclic) bond motifs is 4. The van der Waals surface area contributed by atoms with Crippen molar-refractivity contribution in [2.24, 2.45) is 23.7 Å². The van der Waals surface area contributed by atoms with Gasteiger partial charge >= 0.3 is 0 Å². The van der Waals surface area contributed by atoms with Crippen LogP contribution in [0.1, 0.15) is 31.7 Å². The lowest BCUT2D eigenvalue weighted by atomic mass is 9.58. The summed E-state index contributed by atoms with van der Waals surface area (Å²) in [5.41, 5.74) is 1.77. The van der Waals surface area contributed by atoms with E-state index < -0.39 is 0 Å². The third kappa shape index (κ3) is 2.09. The molecule has 4 atom stereocenters. The lowest BCUT2D eigenvalue weighted by molar-refractivity contribution is -0.140. The second kappa shape index (κ2) is 5.69. The molecule has 1 aromatic carbocycles. The Morgan fingerprint density at radius 3 is 2.46 bits per heavy atom. The predicted octanol–water partition coefficient (Wildman–Crippen LogP) is 2.73. The van der Waals surface area contributed by atoms with Crippen molar-refractivity contribution in [3.63, 3.8) is 0 Å². The molecule has 1 aliphatic heterocycles. The number of benzene rings is 1. The summed E-state index contributed by atoms with van der Waals surface area (Å²) >= 11 is 0. The highest BCUT2D eigenvalue weighted by atomic mass is 16.2. The molecule has 0 unspecified atom stereocenters. The summed E-state index contributed by atoms with van der Waals surface area (Å²) in [6, 6.07) is 9.60. The maximum Gasteiger partial charge on any atom is 0.234 e. The zero-order chi connectivity index (χ0) is 16.8. The van der Waals surface area contributed by atoms with E-state index in [1.807, 2.05) is 36.4 Å². The first-order valence-corrected chi connectivity index (χ1v) is 8.76. The van der Waals surface area contributed by atoms with Crippen LogP contribution in [0.15, 0.2) is 42.0 Å². The van der Waals surface area contributed by atoms with E-state index in [4.69, 9.17) is 0 Å². The van der Waals surface area contributed by atoms with Gasteiger partial charge in [-0.05, 0) is 23.5 Å². The monoisotopic (exact) mass is 323 g/mol. The van der Waals surface area contributed by atoms with Gasteiger partial charge in [-0.3, -0.25) is 19.3 Å². The molecule has 1 aromatic rings. The van der Waals surface area contributed by atoms with Crippen LogP contribution >= 0.6 is 0 Å². The normalized spacial score (nSPS) is 33.0. The summed E-state index contributed by atoms with van der Waals surface area (Å²) < 4.78 is 0. The molecule has 0 bridgehead atoms. The van der Waals surface area contributed by atoms with E-state index in [9.17, 15) is 14.4 Å². The highest BCUT2D eigenvalue weighted by molar-refractivity contribution is 6.11. The molecule has 3 fully saturated rings. The van der Waals surface area contributed by atoms with E-state index in [2.05, 4.69) is 6.92 Å². The van der Waals surface area contributed by atoms with Crippen LogP contribution in [-0.4, -0.2) is 22.5 Å². The van der Waals surface area contributed by atoms with E-state index in [1.54, 1.807) is 0 Å². The molecule has 2 saturated carbocycles.